The van der Waals surface area contributed by atoms with Crippen LogP contribution in [-0.2, 0) is 20.8 Å². The zero-order valence-corrected chi connectivity index (χ0v) is 28.2. The Kier molecular flexibility index (Phi) is 10.3. The van der Waals surface area contributed by atoms with Gasteiger partial charge in [0.05, 0.1) is 35.8 Å². The van der Waals surface area contributed by atoms with Crippen LogP contribution in [-0.4, -0.2) is 87.1 Å². The third-order valence-electron chi connectivity index (χ3n) is 9.89. The van der Waals surface area contributed by atoms with Crippen molar-refractivity contribution in [3.05, 3.63) is 85.5 Å². The Hall–Kier alpha value is -3.56. The highest BCUT2D eigenvalue weighted by molar-refractivity contribution is 8.02. The molecule has 3 aliphatic heterocycles. The van der Waals surface area contributed by atoms with Gasteiger partial charge in [0.15, 0.2) is 0 Å². The molecule has 2 aromatic rings. The molecule has 246 valence electrons. The van der Waals surface area contributed by atoms with Crippen molar-refractivity contribution in [3.8, 4) is 5.75 Å². The summed E-state index contributed by atoms with van der Waals surface area (Å²) < 4.78 is 4.81. The van der Waals surface area contributed by atoms with E-state index in [4.69, 9.17) is 4.74 Å². The van der Waals surface area contributed by atoms with Crippen molar-refractivity contribution in [2.75, 3.05) is 31.2 Å². The minimum atomic E-state index is -0.825. The molecule has 3 saturated heterocycles. The van der Waals surface area contributed by atoms with E-state index < -0.39 is 28.7 Å². The second-order valence-electron chi connectivity index (χ2n) is 12.9. The largest absolute Gasteiger partial charge is 0.494 e. The molecule has 5 rings (SSSR count). The standard InChI is InChI=1S/C37H47N3O5S/c1-7-19-38(24(4)5)36(44)33-37-25(6)21-30(46-37)31(34(42)39(20-8-2)27-15-17-29(18-16-27)45-9-3)32(37)35(43)40(33)28(23-41)22-26-13-11-10-12-14-26/h7-8,10-18,24-25,28,30-33,41H,1-2,9,19-23H2,3-6H3/t25?,28-,30-,31+,32+,33?,37?/m1/s1. The molecule has 3 unspecified atom stereocenters. The fourth-order valence-corrected chi connectivity index (χ4v) is 10.3. The lowest BCUT2D eigenvalue weighted by molar-refractivity contribution is -0.146. The summed E-state index contributed by atoms with van der Waals surface area (Å²) in [5.41, 5.74) is 1.67. The van der Waals surface area contributed by atoms with Crippen LogP contribution in [0.2, 0.25) is 0 Å². The van der Waals surface area contributed by atoms with Crippen LogP contribution in [0, 0.1) is 17.8 Å². The first-order valence-electron chi connectivity index (χ1n) is 16.4. The van der Waals surface area contributed by atoms with Crippen LogP contribution in [0.4, 0.5) is 5.69 Å². The van der Waals surface area contributed by atoms with Crippen molar-refractivity contribution in [1.82, 2.24) is 9.80 Å². The first-order valence-corrected chi connectivity index (χ1v) is 17.2. The quantitative estimate of drug-likeness (QED) is 0.292. The number of aliphatic hydroxyl groups is 1. The summed E-state index contributed by atoms with van der Waals surface area (Å²) in [6.45, 7) is 16.6. The van der Waals surface area contributed by atoms with E-state index in [1.807, 2.05) is 75.4 Å². The molecule has 0 radical (unpaired) electrons. The van der Waals surface area contributed by atoms with Gasteiger partial charge in [-0.15, -0.1) is 24.9 Å². The number of fused-ring (bicyclic) bond motifs is 1. The van der Waals surface area contributed by atoms with Gasteiger partial charge in [0.25, 0.3) is 0 Å². The van der Waals surface area contributed by atoms with E-state index in [-0.39, 0.29) is 48.1 Å². The van der Waals surface area contributed by atoms with E-state index in [1.165, 1.54) is 0 Å². The predicted molar refractivity (Wildman–Crippen MR) is 184 cm³/mol. The molecular formula is C37H47N3O5S. The maximum Gasteiger partial charge on any atom is 0.247 e. The Bertz CT molecular complexity index is 1430. The van der Waals surface area contributed by atoms with Crippen LogP contribution in [0.5, 0.6) is 5.75 Å². The van der Waals surface area contributed by atoms with Crippen LogP contribution in [0.3, 0.4) is 0 Å². The molecule has 9 heteroatoms. The maximum atomic E-state index is 14.9. The van der Waals surface area contributed by atoms with Crippen molar-refractivity contribution in [2.24, 2.45) is 17.8 Å². The van der Waals surface area contributed by atoms with Crippen LogP contribution in [0.25, 0.3) is 0 Å². The predicted octanol–water partition coefficient (Wildman–Crippen LogP) is 4.97. The molecule has 0 saturated carbocycles. The summed E-state index contributed by atoms with van der Waals surface area (Å²) in [6.07, 6.45) is 4.52. The fourth-order valence-electron chi connectivity index (χ4n) is 7.92. The van der Waals surface area contributed by atoms with Crippen molar-refractivity contribution in [3.63, 3.8) is 0 Å². The van der Waals surface area contributed by atoms with Gasteiger partial charge in [0.1, 0.15) is 11.8 Å². The number of anilines is 1. The summed E-state index contributed by atoms with van der Waals surface area (Å²) >= 11 is 1.65. The van der Waals surface area contributed by atoms with E-state index in [0.29, 0.717) is 31.0 Å². The average molecular weight is 646 g/mol. The number of likely N-dealkylation sites (tertiary alicyclic amines) is 1. The molecule has 1 spiro atoms. The molecule has 3 aliphatic rings. The van der Waals surface area contributed by atoms with Gasteiger partial charge in [-0.2, -0.15) is 0 Å². The molecule has 2 aromatic carbocycles. The highest BCUT2D eigenvalue weighted by Gasteiger charge is 2.77. The number of carbonyl (C=O) groups excluding carboxylic acids is 3. The molecule has 8 nitrogen and oxygen atoms in total. The zero-order chi connectivity index (χ0) is 33.2. The number of thioether (sulfide) groups is 1. The maximum absolute atomic E-state index is 14.9. The lowest BCUT2D eigenvalue weighted by Gasteiger charge is -2.43. The molecule has 7 atom stereocenters. The van der Waals surface area contributed by atoms with Crippen LogP contribution in [0.15, 0.2) is 79.9 Å². The molecule has 3 heterocycles. The second kappa shape index (κ2) is 14.1. The van der Waals surface area contributed by atoms with Gasteiger partial charge < -0.3 is 24.5 Å². The molecule has 0 aromatic heterocycles. The van der Waals surface area contributed by atoms with Gasteiger partial charge in [-0.1, -0.05) is 49.4 Å². The number of ether oxygens (including phenoxy) is 1. The number of benzene rings is 2. The minimum absolute atomic E-state index is 0.00610. The Morgan fingerprint density at radius 1 is 1.09 bits per heavy atom. The molecule has 1 N–H and O–H groups in total. The lowest BCUT2D eigenvalue weighted by Crippen LogP contribution is -2.60. The SMILES string of the molecule is C=CCN(C(=O)[C@@H]1[C@H]2C(=O)N([C@@H](CO)Cc3ccccc3)C(C(=O)N(CC=C)C(C)C)C23S[C@@H]1CC3C)c1ccc(OCC)cc1. The smallest absolute Gasteiger partial charge is 0.247 e. The first kappa shape index (κ1) is 33.8. The van der Waals surface area contributed by atoms with Gasteiger partial charge in [-0.3, -0.25) is 14.4 Å². The van der Waals surface area contributed by atoms with Crippen molar-refractivity contribution >= 4 is 35.2 Å². The third kappa shape index (κ3) is 5.77. The van der Waals surface area contributed by atoms with E-state index >= 15 is 0 Å². The van der Waals surface area contributed by atoms with Gasteiger partial charge in [0.2, 0.25) is 17.7 Å². The van der Waals surface area contributed by atoms with Crippen LogP contribution in [0.1, 0.15) is 39.7 Å². The summed E-state index contributed by atoms with van der Waals surface area (Å²) in [6, 6.07) is 15.5. The Morgan fingerprint density at radius 3 is 2.35 bits per heavy atom. The van der Waals surface area contributed by atoms with Gasteiger partial charge in [0, 0.05) is 30.1 Å². The molecule has 46 heavy (non-hydrogen) atoms. The molecule has 3 amide bonds. The van der Waals surface area contributed by atoms with E-state index in [1.54, 1.807) is 38.6 Å². The van der Waals surface area contributed by atoms with Crippen molar-refractivity contribution in [2.45, 2.75) is 68.7 Å². The first-order chi connectivity index (χ1) is 22.1. The number of rotatable bonds is 14. The van der Waals surface area contributed by atoms with Gasteiger partial charge in [-0.05, 0) is 69.4 Å². The highest BCUT2D eigenvalue weighted by Crippen LogP contribution is 2.69. The average Bonchev–Trinajstić information content (AvgIpc) is 3.65. The van der Waals surface area contributed by atoms with Crippen molar-refractivity contribution in [1.29, 1.82) is 0 Å². The molecule has 3 fully saturated rings. The Labute approximate surface area is 277 Å². The monoisotopic (exact) mass is 645 g/mol. The Morgan fingerprint density at radius 2 is 1.76 bits per heavy atom. The Balaban J connectivity index is 1.59. The summed E-state index contributed by atoms with van der Waals surface area (Å²) in [5, 5.41) is 10.7. The van der Waals surface area contributed by atoms with Crippen molar-refractivity contribution < 1.29 is 24.2 Å². The number of carbonyl (C=O) groups is 3. The molecule has 2 bridgehead atoms. The van der Waals surface area contributed by atoms with Gasteiger partial charge >= 0.3 is 0 Å². The second-order valence-corrected chi connectivity index (χ2v) is 14.4. The summed E-state index contributed by atoms with van der Waals surface area (Å²) in [4.78, 5) is 49.5. The lowest BCUT2D eigenvalue weighted by atomic mass is 9.65. The number of hydrogen-bond acceptors (Lipinski definition) is 6. The van der Waals surface area contributed by atoms with E-state index in [2.05, 4.69) is 20.1 Å². The van der Waals surface area contributed by atoms with Crippen LogP contribution >= 0.6 is 11.8 Å². The number of aliphatic hydroxyl groups excluding tert-OH is 1. The highest BCUT2D eigenvalue weighted by atomic mass is 32.2. The summed E-state index contributed by atoms with van der Waals surface area (Å²) in [7, 11) is 0. The number of nitrogens with zero attached hydrogens (tertiary/aromatic N) is 3. The third-order valence-corrected chi connectivity index (χ3v) is 12.0. The molecule has 0 aliphatic carbocycles. The van der Waals surface area contributed by atoms with E-state index in [9.17, 15) is 19.5 Å². The number of hydrogen-bond donors (Lipinski definition) is 1. The van der Waals surface area contributed by atoms with E-state index in [0.717, 1.165) is 12.0 Å². The number of amides is 3. The zero-order valence-electron chi connectivity index (χ0n) is 27.4. The topological polar surface area (TPSA) is 90.4 Å². The van der Waals surface area contributed by atoms with Gasteiger partial charge in [-0.25, -0.2) is 0 Å². The van der Waals surface area contributed by atoms with Crippen LogP contribution < -0.4 is 9.64 Å². The fraction of sp³-hybridized carbons (Fsp3) is 0.486. The summed E-state index contributed by atoms with van der Waals surface area (Å²) in [5.74, 6) is -1.12. The minimum Gasteiger partial charge on any atom is -0.494 e. The molecular weight excluding hydrogens is 598 g/mol. The normalized spacial score (nSPS) is 27.0.